The van der Waals surface area contributed by atoms with Crippen molar-refractivity contribution in [1.29, 1.82) is 0 Å². The second kappa shape index (κ2) is 51.3. The third-order valence-corrected chi connectivity index (χ3v) is 21.7. The van der Waals surface area contributed by atoms with E-state index in [4.69, 9.17) is 21.7 Å². The van der Waals surface area contributed by atoms with Crippen molar-refractivity contribution in [3.8, 4) is 23.3 Å². The van der Waals surface area contributed by atoms with Gasteiger partial charge < -0.3 is 50.3 Å². The predicted molar refractivity (Wildman–Crippen MR) is 472 cm³/mol. The lowest BCUT2D eigenvalue weighted by Gasteiger charge is -2.17. The molecule has 0 bridgehead atoms. The zero-order valence-corrected chi connectivity index (χ0v) is 76.6. The number of methoxy groups -OCH3 is 5. The summed E-state index contributed by atoms with van der Waals surface area (Å²) in [4.78, 5) is 122. The number of nitrogen functional groups attached to an aromatic ring is 2. The first-order valence-electron chi connectivity index (χ1n) is 34.3. The number of H-pyrrole nitrogens is 1. The molecule has 0 aliphatic heterocycles. The Bertz CT molecular complexity index is 5010. The topological polar surface area (TPSA) is 420 Å². The van der Waals surface area contributed by atoms with E-state index in [2.05, 4.69) is 130 Å². The summed E-state index contributed by atoms with van der Waals surface area (Å²) < 4.78 is 26.5. The van der Waals surface area contributed by atoms with Gasteiger partial charge in [-0.2, -0.15) is 0 Å². The number of carbonyl (C=O) groups excluding carboxylic acids is 7. The van der Waals surface area contributed by atoms with E-state index in [0.717, 1.165) is 63.0 Å². The van der Waals surface area contributed by atoms with Gasteiger partial charge in [0.2, 0.25) is 0 Å². The van der Waals surface area contributed by atoms with Crippen LogP contribution < -0.4 is 16.9 Å². The minimum atomic E-state index is -0.759. The number of benzene rings is 8. The highest BCUT2D eigenvalue weighted by Gasteiger charge is 2.24. The smallest absolute Gasteiger partial charge is 0.384 e. The average molecular weight is 2000 g/mol. The van der Waals surface area contributed by atoms with Crippen LogP contribution in [0.2, 0.25) is 0 Å². The molecule has 1 heterocycles. The van der Waals surface area contributed by atoms with Gasteiger partial charge in [-0.1, -0.05) is 182 Å². The fourth-order valence-electron chi connectivity index (χ4n) is 8.72. The Morgan fingerprint density at radius 1 is 0.470 bits per heavy atom. The summed E-state index contributed by atoms with van der Waals surface area (Å²) in [5.41, 5.74) is 21.0. The number of Topliss-reactive ketones (excluding diaryl/α,β-unsaturated/α-hetero) is 2. The van der Waals surface area contributed by atoms with E-state index in [0.29, 0.717) is 40.4 Å². The van der Waals surface area contributed by atoms with Gasteiger partial charge in [-0.25, -0.2) is 24.0 Å². The predicted octanol–water partition coefficient (Wildman–Crippen LogP) is 19.3. The molecule has 7 N–H and O–H groups in total. The van der Waals surface area contributed by atoms with Gasteiger partial charge in [0.15, 0.2) is 11.1 Å². The number of carbonyl (C=O) groups is 7. The first-order chi connectivity index (χ1) is 54.5. The lowest BCUT2D eigenvalue weighted by molar-refractivity contribution is -0.385. The van der Waals surface area contributed by atoms with Crippen molar-refractivity contribution in [3.05, 3.63) is 286 Å². The number of pyridine rings is 1. The van der Waals surface area contributed by atoms with Crippen LogP contribution in [0, 0.1) is 94.6 Å². The number of aryl methyl sites for hydroxylation is 6. The molecule has 0 amide bonds. The molecule has 0 saturated carbocycles. The third kappa shape index (κ3) is 36.5. The Morgan fingerprint density at radius 2 is 0.889 bits per heavy atom. The number of para-hydroxylation sites is 1. The number of esters is 5. The highest BCUT2D eigenvalue weighted by atomic mass is 79.9. The number of rotatable bonds is 12. The summed E-state index contributed by atoms with van der Waals surface area (Å²) >= 11 is 19.8. The monoisotopic (exact) mass is 1990 g/mol. The van der Waals surface area contributed by atoms with Crippen molar-refractivity contribution in [2.24, 2.45) is 10.8 Å². The minimum Gasteiger partial charge on any atom is -0.507 e. The number of aromatic nitrogens is 1. The molecule has 1 aromatic heterocycles. The molecule has 0 atom stereocenters. The van der Waals surface area contributed by atoms with Crippen LogP contribution in [0.5, 0.6) is 11.5 Å². The summed E-state index contributed by atoms with van der Waals surface area (Å²) in [6, 6.07) is 43.5. The molecule has 0 saturated heterocycles. The Hall–Kier alpha value is -10.8. The lowest BCUT2D eigenvalue weighted by Crippen LogP contribution is -2.22. The number of aromatic amines is 1. The number of ether oxygens (including phenoxy) is 5. The number of anilines is 2. The number of fused-ring (bicyclic) bond motifs is 1. The summed E-state index contributed by atoms with van der Waals surface area (Å²) in [5.74, 6) is 0.773. The summed E-state index contributed by atoms with van der Waals surface area (Å²) in [5, 5.41) is 49.2. The molecule has 9 rings (SSSR count). The molecule has 0 unspecified atom stereocenters. The van der Waals surface area contributed by atoms with Crippen LogP contribution in [0.15, 0.2) is 195 Å². The van der Waals surface area contributed by atoms with Crippen LogP contribution in [0.4, 0.5) is 28.4 Å². The molecule has 117 heavy (non-hydrogen) atoms. The van der Waals surface area contributed by atoms with Crippen molar-refractivity contribution >= 4 is 176 Å². The fourth-order valence-corrected chi connectivity index (χ4v) is 11.1. The van der Waals surface area contributed by atoms with Crippen molar-refractivity contribution in [3.63, 3.8) is 0 Å². The quantitative estimate of drug-likeness (QED) is 0.00873. The van der Waals surface area contributed by atoms with Gasteiger partial charge in [0.05, 0.1) is 60.3 Å². The van der Waals surface area contributed by atoms with E-state index in [1.807, 2.05) is 180 Å². The molecule has 8 aromatic carbocycles. The number of nitrogens with zero attached hydrogens (tertiary/aromatic N) is 3. The standard InChI is InChI=1S/C14H15BrO4.C13H17BrO.C13H18O.C12H10BrNO3.C7H6BrNO2.C7H8BrN.C6H4BrNO3.C6H6N2O3.C6H6O4/c1-9-5-4-6-10(13(9)15)7-11(14(17)19-3)8-12(16)18-2;1-9-6-5-7-10(12(9)14)8-11(15)13(2,3)4;1-10-6-5-7-11(8-10)9-12(14)13(2,3)4;1-6-3-4-7-9(15)5-8(12(16)17-2)14-11(7)10(6)13;1-5-3-2-4-6(7(5)8)9(10)11;1-5-3-2-4-6(9)7(5)8;2*7-6-4(8(10)11)2-1-3-5(6)9;1-9-5(7)3-4-6(8)10-2/h4-6,8H,7H2,1-3H3;5-7H,8H2,1-4H3;5-8H,9H2,1-4H3;3-5H,1-2H3,(H,14,15);2-4H,1H3;2-4H,9H2,1H3;1-3,9H;1-3,9H,7H2;1-2H3/b11-8-;;;;;;;;. The Morgan fingerprint density at radius 3 is 1.31 bits per heavy atom. The highest BCUT2D eigenvalue weighted by Crippen LogP contribution is 2.34. The summed E-state index contributed by atoms with van der Waals surface area (Å²) in [7, 11) is 6.16. The maximum Gasteiger partial charge on any atom is 0.384 e. The third-order valence-electron chi connectivity index (χ3n) is 15.5. The van der Waals surface area contributed by atoms with Crippen molar-refractivity contribution in [1.82, 2.24) is 4.98 Å². The molecular formula is C84H90Br6N6O21. The van der Waals surface area contributed by atoms with Crippen LogP contribution >= 0.6 is 95.6 Å². The molecule has 624 valence electrons. The minimum absolute atomic E-state index is 0.116. The number of hydrogen-bond donors (Lipinski definition) is 5. The second-order valence-electron chi connectivity index (χ2n) is 26.5. The fraction of sp³-hybridized carbons (Fsp3) is 0.262. The Balaban J connectivity index is 0.000000664. The molecule has 0 fully saturated rings. The molecular weight excluding hydrogens is 1910 g/mol. The number of ketones is 2. The van der Waals surface area contributed by atoms with E-state index >= 15 is 0 Å². The number of nitro benzene ring substituents is 3. The van der Waals surface area contributed by atoms with E-state index < -0.39 is 44.6 Å². The molecule has 0 spiro atoms. The molecule has 9 aromatic rings. The van der Waals surface area contributed by atoms with Crippen molar-refractivity contribution < 1.29 is 82.2 Å². The van der Waals surface area contributed by atoms with Gasteiger partial charge in [-0.05, 0) is 174 Å². The second-order valence-corrected chi connectivity index (χ2v) is 31.3. The normalized spacial score (nSPS) is 10.2. The van der Waals surface area contributed by atoms with E-state index in [1.165, 1.54) is 101 Å². The molecule has 0 radical (unpaired) electrons. The maximum absolute atomic E-state index is 11.9. The number of nitrogens with two attached hydrogens (primary N) is 2. The first-order valence-corrected chi connectivity index (χ1v) is 39.1. The van der Waals surface area contributed by atoms with Crippen LogP contribution in [0.1, 0.15) is 102 Å². The SMILES string of the molecule is COC(=O)/C=C(/Cc1cccc(C)c1Br)C(=O)OC.COC(=O)C#CC(=O)OC.COC(=O)c1cc(=O)c2ccc(C)c(Br)c2[nH]1.Cc1cccc(CC(=O)C(C)(C)C)c1.Cc1cccc(CC(=O)C(C)(C)C)c1Br.Cc1cccc(N)c1Br.Cc1cccc([N+](=O)[O-])c1Br.Nc1c(O)cccc1[N+](=O)[O-].O=[N+]([O-])c1cccc(O)c1Br. The van der Waals surface area contributed by atoms with Gasteiger partial charge in [-0.15, -0.1) is 0 Å². The number of nitro groups is 3. The number of nitrogens with one attached hydrogen (secondary N) is 1. The Kier molecular flexibility index (Phi) is 45.7. The number of hydrogen-bond acceptors (Lipinski definition) is 23. The van der Waals surface area contributed by atoms with E-state index in [9.17, 15) is 68.7 Å². The van der Waals surface area contributed by atoms with Gasteiger partial charge in [0.1, 0.15) is 33.2 Å². The van der Waals surface area contributed by atoms with Gasteiger partial charge in [0, 0.05) is 107 Å². The summed E-state index contributed by atoms with van der Waals surface area (Å²) in [6.07, 6.45) is 2.50. The molecule has 0 aliphatic rings. The summed E-state index contributed by atoms with van der Waals surface area (Å²) in [6.45, 7) is 23.5. The zero-order chi connectivity index (χ0) is 89.5. The largest absolute Gasteiger partial charge is 0.507 e. The lowest BCUT2D eigenvalue weighted by atomic mass is 9.87. The number of phenols is 2. The van der Waals surface area contributed by atoms with Crippen LogP contribution in [-0.4, -0.2) is 107 Å². The van der Waals surface area contributed by atoms with Crippen molar-refractivity contribution in [2.45, 2.75) is 102 Å². The zero-order valence-electron chi connectivity index (χ0n) is 67.0. The average Bonchev–Trinajstić information content (AvgIpc) is 0.786. The van der Waals surface area contributed by atoms with Crippen LogP contribution in [-0.2, 0) is 71.7 Å². The van der Waals surface area contributed by atoms with Crippen LogP contribution in [0.25, 0.3) is 10.9 Å². The van der Waals surface area contributed by atoms with Crippen LogP contribution in [0.3, 0.4) is 0 Å². The number of phenolic OH excluding ortho intramolecular Hbond substituents is 2. The first kappa shape index (κ1) is 104. The molecule has 27 nitrogen and oxygen atoms in total. The van der Waals surface area contributed by atoms with E-state index in [-0.39, 0.29) is 72.0 Å². The number of aromatic hydroxyl groups is 2. The maximum atomic E-state index is 11.9. The molecule has 33 heteroatoms. The van der Waals surface area contributed by atoms with Gasteiger partial charge in [0.25, 0.3) is 17.1 Å². The number of halogens is 6. The Labute approximate surface area is 727 Å². The van der Waals surface area contributed by atoms with Gasteiger partial charge in [-0.3, -0.25) is 44.7 Å². The van der Waals surface area contributed by atoms with Gasteiger partial charge >= 0.3 is 29.8 Å². The van der Waals surface area contributed by atoms with Crippen molar-refractivity contribution in [2.75, 3.05) is 47.0 Å². The highest BCUT2D eigenvalue weighted by molar-refractivity contribution is 9.11. The molecule has 0 aliphatic carbocycles. The van der Waals surface area contributed by atoms with E-state index in [1.54, 1.807) is 12.1 Å².